The number of hydrogen-bond acceptors (Lipinski definition) is 3. The maximum atomic E-state index is 11.5. The summed E-state index contributed by atoms with van der Waals surface area (Å²) in [5.74, 6) is -1.01. The number of carbonyl (C=O) groups excluding carboxylic acids is 1. The summed E-state index contributed by atoms with van der Waals surface area (Å²) in [6.07, 6.45) is 1.14. The van der Waals surface area contributed by atoms with Crippen LogP contribution in [0, 0.1) is 5.92 Å². The van der Waals surface area contributed by atoms with Crippen molar-refractivity contribution in [2.45, 2.75) is 12.5 Å². The predicted octanol–water partition coefficient (Wildman–Crippen LogP) is 2.09. The van der Waals surface area contributed by atoms with Crippen LogP contribution in [-0.2, 0) is 9.53 Å². The summed E-state index contributed by atoms with van der Waals surface area (Å²) >= 11 is 0. The van der Waals surface area contributed by atoms with Gasteiger partial charge in [-0.2, -0.15) is 0 Å². The van der Waals surface area contributed by atoms with Crippen LogP contribution in [0.3, 0.4) is 0 Å². The molecule has 1 rings (SSSR count). The fraction of sp³-hybridized carbons (Fsp3) is 0.308. The van der Waals surface area contributed by atoms with Crippen molar-refractivity contribution in [1.82, 2.24) is 0 Å². The van der Waals surface area contributed by atoms with Crippen LogP contribution in [0.25, 0.3) is 0 Å². The van der Waals surface area contributed by atoms with E-state index in [4.69, 9.17) is 0 Å². The standard InChI is InChI=1S/C13H16O3/c1-3-7-11(13(15)16-2)12(14)10-8-5-4-6-9-10/h3-6,8-9,11-12,14H,1,7H2,2H3/t11?,12-/m1/s1. The van der Waals surface area contributed by atoms with E-state index in [9.17, 15) is 9.90 Å². The Hall–Kier alpha value is -1.61. The number of aliphatic hydroxyl groups excluding tert-OH is 1. The van der Waals surface area contributed by atoms with Gasteiger partial charge in [-0.1, -0.05) is 36.4 Å². The molecule has 1 aromatic carbocycles. The fourth-order valence-electron chi connectivity index (χ4n) is 1.57. The molecule has 0 spiro atoms. The van der Waals surface area contributed by atoms with Crippen LogP contribution in [0.1, 0.15) is 18.1 Å². The largest absolute Gasteiger partial charge is 0.469 e. The van der Waals surface area contributed by atoms with Crippen molar-refractivity contribution in [2.24, 2.45) is 5.92 Å². The quantitative estimate of drug-likeness (QED) is 0.610. The maximum Gasteiger partial charge on any atom is 0.311 e. The van der Waals surface area contributed by atoms with Gasteiger partial charge in [-0.3, -0.25) is 4.79 Å². The minimum Gasteiger partial charge on any atom is -0.469 e. The first kappa shape index (κ1) is 12.5. The average Bonchev–Trinajstić information content (AvgIpc) is 2.35. The molecule has 1 aromatic rings. The molecule has 0 saturated heterocycles. The van der Waals surface area contributed by atoms with Crippen molar-refractivity contribution in [3.8, 4) is 0 Å². The van der Waals surface area contributed by atoms with Crippen molar-refractivity contribution < 1.29 is 14.6 Å². The van der Waals surface area contributed by atoms with Gasteiger partial charge in [-0.25, -0.2) is 0 Å². The molecule has 0 fully saturated rings. The van der Waals surface area contributed by atoms with Crippen molar-refractivity contribution in [1.29, 1.82) is 0 Å². The predicted molar refractivity (Wildman–Crippen MR) is 61.7 cm³/mol. The Morgan fingerprint density at radius 3 is 2.62 bits per heavy atom. The van der Waals surface area contributed by atoms with Gasteiger partial charge in [-0.15, -0.1) is 6.58 Å². The minimum absolute atomic E-state index is 0.392. The number of benzene rings is 1. The molecule has 0 aliphatic rings. The molecule has 16 heavy (non-hydrogen) atoms. The zero-order valence-electron chi connectivity index (χ0n) is 9.30. The smallest absolute Gasteiger partial charge is 0.311 e. The topological polar surface area (TPSA) is 46.5 Å². The van der Waals surface area contributed by atoms with Crippen LogP contribution in [0.15, 0.2) is 43.0 Å². The van der Waals surface area contributed by atoms with Crippen molar-refractivity contribution in [3.63, 3.8) is 0 Å². The molecule has 0 aliphatic carbocycles. The number of ether oxygens (including phenoxy) is 1. The SMILES string of the molecule is C=CCC(C(=O)OC)[C@H](O)c1ccccc1. The van der Waals surface area contributed by atoms with E-state index in [-0.39, 0.29) is 0 Å². The molecule has 0 aliphatic heterocycles. The maximum absolute atomic E-state index is 11.5. The van der Waals surface area contributed by atoms with Gasteiger partial charge in [0.2, 0.25) is 0 Å². The second kappa shape index (κ2) is 6.08. The molecule has 3 heteroatoms. The lowest BCUT2D eigenvalue weighted by Crippen LogP contribution is -2.23. The van der Waals surface area contributed by atoms with E-state index >= 15 is 0 Å². The van der Waals surface area contributed by atoms with Crippen LogP contribution < -0.4 is 0 Å². The molecule has 0 amide bonds. The molecule has 0 aromatic heterocycles. The van der Waals surface area contributed by atoms with Crippen molar-refractivity contribution in [2.75, 3.05) is 7.11 Å². The van der Waals surface area contributed by atoms with E-state index in [2.05, 4.69) is 11.3 Å². The van der Waals surface area contributed by atoms with Gasteiger partial charge in [0.05, 0.1) is 19.1 Å². The minimum atomic E-state index is -0.855. The number of allylic oxidation sites excluding steroid dienone is 1. The monoisotopic (exact) mass is 220 g/mol. The summed E-state index contributed by atoms with van der Waals surface area (Å²) in [6.45, 7) is 3.57. The van der Waals surface area contributed by atoms with E-state index in [1.54, 1.807) is 18.2 Å². The summed E-state index contributed by atoms with van der Waals surface area (Å²) < 4.78 is 4.66. The lowest BCUT2D eigenvalue weighted by atomic mass is 9.93. The Labute approximate surface area is 95.4 Å². The lowest BCUT2D eigenvalue weighted by Gasteiger charge is -2.19. The Morgan fingerprint density at radius 2 is 2.12 bits per heavy atom. The van der Waals surface area contributed by atoms with E-state index in [1.165, 1.54) is 7.11 Å². The molecule has 1 unspecified atom stereocenters. The molecule has 86 valence electrons. The normalized spacial score (nSPS) is 13.9. The molecular formula is C13H16O3. The van der Waals surface area contributed by atoms with Gasteiger partial charge in [0.15, 0.2) is 0 Å². The zero-order valence-corrected chi connectivity index (χ0v) is 9.30. The summed E-state index contributed by atoms with van der Waals surface area (Å²) in [5, 5.41) is 10.1. The summed E-state index contributed by atoms with van der Waals surface area (Å²) in [7, 11) is 1.32. The molecule has 0 heterocycles. The first-order valence-corrected chi connectivity index (χ1v) is 5.12. The highest BCUT2D eigenvalue weighted by Gasteiger charge is 2.27. The van der Waals surface area contributed by atoms with Gasteiger partial charge in [0.1, 0.15) is 0 Å². The number of carbonyl (C=O) groups is 1. The molecule has 0 bridgehead atoms. The second-order valence-corrected chi connectivity index (χ2v) is 3.51. The molecular weight excluding hydrogens is 204 g/mol. The van der Waals surface area contributed by atoms with Gasteiger partial charge in [-0.05, 0) is 12.0 Å². The highest BCUT2D eigenvalue weighted by atomic mass is 16.5. The summed E-state index contributed by atoms with van der Waals surface area (Å²) in [4.78, 5) is 11.5. The third kappa shape index (κ3) is 2.94. The van der Waals surface area contributed by atoms with Crippen molar-refractivity contribution in [3.05, 3.63) is 48.6 Å². The van der Waals surface area contributed by atoms with Crippen LogP contribution in [0.4, 0.5) is 0 Å². The highest BCUT2D eigenvalue weighted by Crippen LogP contribution is 2.25. The second-order valence-electron chi connectivity index (χ2n) is 3.51. The van der Waals surface area contributed by atoms with Gasteiger partial charge >= 0.3 is 5.97 Å². The third-order valence-electron chi connectivity index (χ3n) is 2.45. The Balaban J connectivity index is 2.86. The van der Waals surface area contributed by atoms with Gasteiger partial charge in [0.25, 0.3) is 0 Å². The van der Waals surface area contributed by atoms with Crippen LogP contribution in [0.5, 0.6) is 0 Å². The Bertz CT molecular complexity index is 345. The third-order valence-corrected chi connectivity index (χ3v) is 2.45. The number of aliphatic hydroxyl groups is 1. The molecule has 3 nitrogen and oxygen atoms in total. The van der Waals surface area contributed by atoms with E-state index < -0.39 is 18.0 Å². The summed E-state index contributed by atoms with van der Waals surface area (Å²) in [6, 6.07) is 9.06. The van der Waals surface area contributed by atoms with Crippen LogP contribution >= 0.6 is 0 Å². The number of hydrogen-bond donors (Lipinski definition) is 1. The molecule has 0 radical (unpaired) electrons. The summed E-state index contributed by atoms with van der Waals surface area (Å²) in [5.41, 5.74) is 0.708. The lowest BCUT2D eigenvalue weighted by molar-refractivity contribution is -0.149. The number of methoxy groups -OCH3 is 1. The molecule has 2 atom stereocenters. The average molecular weight is 220 g/mol. The Morgan fingerprint density at radius 1 is 1.50 bits per heavy atom. The van der Waals surface area contributed by atoms with E-state index in [0.717, 1.165) is 0 Å². The number of esters is 1. The number of rotatable bonds is 5. The zero-order chi connectivity index (χ0) is 12.0. The fourth-order valence-corrected chi connectivity index (χ4v) is 1.57. The van der Waals surface area contributed by atoms with E-state index in [1.807, 2.05) is 18.2 Å². The molecule has 1 N–H and O–H groups in total. The molecule has 0 saturated carbocycles. The Kier molecular flexibility index (Phi) is 4.73. The first-order chi connectivity index (χ1) is 7.70. The van der Waals surface area contributed by atoms with E-state index in [0.29, 0.717) is 12.0 Å². The first-order valence-electron chi connectivity index (χ1n) is 5.12. The van der Waals surface area contributed by atoms with Crippen molar-refractivity contribution >= 4 is 5.97 Å². The van der Waals surface area contributed by atoms with Gasteiger partial charge < -0.3 is 9.84 Å². The van der Waals surface area contributed by atoms with Crippen LogP contribution in [-0.4, -0.2) is 18.2 Å². The van der Waals surface area contributed by atoms with Crippen LogP contribution in [0.2, 0.25) is 0 Å². The highest BCUT2D eigenvalue weighted by molar-refractivity contribution is 5.73. The van der Waals surface area contributed by atoms with Gasteiger partial charge in [0, 0.05) is 0 Å².